The van der Waals surface area contributed by atoms with E-state index in [2.05, 4.69) is 0 Å². The number of rotatable bonds is 3. The fourth-order valence-electron chi connectivity index (χ4n) is 4.07. The summed E-state index contributed by atoms with van der Waals surface area (Å²) in [6.45, 7) is 2.65. The number of phenols is 1. The molecule has 1 amide bonds. The molecule has 2 aliphatic carbocycles. The van der Waals surface area contributed by atoms with E-state index in [1.54, 1.807) is 11.0 Å². The van der Waals surface area contributed by atoms with Crippen molar-refractivity contribution in [3.8, 4) is 5.75 Å². The van der Waals surface area contributed by atoms with Gasteiger partial charge in [0.25, 0.3) is 5.91 Å². The van der Waals surface area contributed by atoms with Crippen LogP contribution in [0.2, 0.25) is 0 Å². The van der Waals surface area contributed by atoms with Crippen LogP contribution in [0.25, 0.3) is 0 Å². The highest BCUT2D eigenvalue weighted by Crippen LogP contribution is 2.48. The number of carbonyl (C=O) groups excluding carboxylic acids is 1. The number of carbonyl (C=O) groups is 1. The fraction of sp³-hybridized carbons (Fsp3) is 0.588. The molecule has 3 atom stereocenters. The topological polar surface area (TPSA) is 40.5 Å². The van der Waals surface area contributed by atoms with E-state index in [4.69, 9.17) is 0 Å². The first-order valence-electron chi connectivity index (χ1n) is 7.60. The summed E-state index contributed by atoms with van der Waals surface area (Å²) in [4.78, 5) is 14.3. The molecular weight excluding hydrogens is 250 g/mol. The van der Waals surface area contributed by atoms with Crippen LogP contribution in [0.5, 0.6) is 5.75 Å². The zero-order valence-corrected chi connectivity index (χ0v) is 12.3. The molecule has 108 valence electrons. The molecule has 2 aliphatic rings. The number of benzene rings is 1. The summed E-state index contributed by atoms with van der Waals surface area (Å²) in [6.07, 6.45) is 5.37. The molecule has 2 saturated carbocycles. The largest absolute Gasteiger partial charge is 0.507 e. The Morgan fingerprint density at radius 3 is 2.80 bits per heavy atom. The van der Waals surface area contributed by atoms with Crippen molar-refractivity contribution in [2.24, 2.45) is 17.8 Å². The van der Waals surface area contributed by atoms with E-state index in [0.29, 0.717) is 11.5 Å². The van der Waals surface area contributed by atoms with Crippen LogP contribution in [0.4, 0.5) is 0 Å². The third-order valence-corrected chi connectivity index (χ3v) is 5.21. The predicted octanol–water partition coefficient (Wildman–Crippen LogP) is 3.21. The van der Waals surface area contributed by atoms with Crippen molar-refractivity contribution in [2.75, 3.05) is 13.6 Å². The van der Waals surface area contributed by atoms with Gasteiger partial charge < -0.3 is 10.0 Å². The molecule has 0 aromatic heterocycles. The average molecular weight is 273 g/mol. The maximum absolute atomic E-state index is 12.5. The second kappa shape index (κ2) is 5.12. The van der Waals surface area contributed by atoms with Gasteiger partial charge in [-0.05, 0) is 55.6 Å². The van der Waals surface area contributed by atoms with E-state index in [0.717, 1.165) is 23.9 Å². The van der Waals surface area contributed by atoms with Gasteiger partial charge in [0.15, 0.2) is 0 Å². The normalized spacial score (nSPS) is 27.8. The van der Waals surface area contributed by atoms with Crippen LogP contribution in [0.3, 0.4) is 0 Å². The van der Waals surface area contributed by atoms with Gasteiger partial charge in [0, 0.05) is 13.6 Å². The van der Waals surface area contributed by atoms with Gasteiger partial charge in [0.05, 0.1) is 5.56 Å². The van der Waals surface area contributed by atoms with Crippen molar-refractivity contribution in [1.29, 1.82) is 0 Å². The molecule has 3 nitrogen and oxygen atoms in total. The maximum atomic E-state index is 12.5. The van der Waals surface area contributed by atoms with Crippen molar-refractivity contribution in [3.63, 3.8) is 0 Å². The SMILES string of the molecule is Cc1cccc(C(=O)N(C)CC2CC3CCC2C3)c1O. The molecule has 1 aromatic rings. The van der Waals surface area contributed by atoms with Crippen LogP contribution in [-0.4, -0.2) is 29.5 Å². The minimum Gasteiger partial charge on any atom is -0.507 e. The Bertz CT molecular complexity index is 526. The quantitative estimate of drug-likeness (QED) is 0.918. The molecule has 20 heavy (non-hydrogen) atoms. The monoisotopic (exact) mass is 273 g/mol. The van der Waals surface area contributed by atoms with Crippen LogP contribution in [0, 0.1) is 24.7 Å². The van der Waals surface area contributed by atoms with Gasteiger partial charge in [-0.2, -0.15) is 0 Å². The summed E-state index contributed by atoms with van der Waals surface area (Å²) in [5, 5.41) is 10.0. The Kier molecular flexibility index (Phi) is 3.45. The third kappa shape index (κ3) is 2.30. The molecule has 0 aliphatic heterocycles. The second-order valence-corrected chi connectivity index (χ2v) is 6.59. The summed E-state index contributed by atoms with van der Waals surface area (Å²) < 4.78 is 0. The van der Waals surface area contributed by atoms with Gasteiger partial charge in [0.1, 0.15) is 5.75 Å². The third-order valence-electron chi connectivity index (χ3n) is 5.21. The molecule has 3 heteroatoms. The van der Waals surface area contributed by atoms with E-state index >= 15 is 0 Å². The molecule has 1 aromatic carbocycles. The Hall–Kier alpha value is -1.51. The Balaban J connectivity index is 1.69. The van der Waals surface area contributed by atoms with Gasteiger partial charge in [0.2, 0.25) is 0 Å². The lowest BCUT2D eigenvalue weighted by molar-refractivity contribution is 0.0751. The minimum absolute atomic E-state index is 0.0611. The first kappa shape index (κ1) is 13.5. The van der Waals surface area contributed by atoms with Crippen LogP contribution in [-0.2, 0) is 0 Å². The van der Waals surface area contributed by atoms with Crippen molar-refractivity contribution in [2.45, 2.75) is 32.6 Å². The number of phenolic OH excluding ortho intramolecular Hbond substituents is 1. The maximum Gasteiger partial charge on any atom is 0.257 e. The predicted molar refractivity (Wildman–Crippen MR) is 78.7 cm³/mol. The Morgan fingerprint density at radius 1 is 1.35 bits per heavy atom. The lowest BCUT2D eigenvalue weighted by atomic mass is 9.88. The lowest BCUT2D eigenvalue weighted by Gasteiger charge is -2.27. The Labute approximate surface area is 120 Å². The van der Waals surface area contributed by atoms with Crippen LogP contribution < -0.4 is 0 Å². The zero-order chi connectivity index (χ0) is 14.3. The van der Waals surface area contributed by atoms with Gasteiger partial charge in [-0.15, -0.1) is 0 Å². The number of para-hydroxylation sites is 1. The molecule has 2 fully saturated rings. The lowest BCUT2D eigenvalue weighted by Crippen LogP contribution is -2.33. The van der Waals surface area contributed by atoms with E-state index < -0.39 is 0 Å². The van der Waals surface area contributed by atoms with Gasteiger partial charge in [-0.3, -0.25) is 4.79 Å². The summed E-state index contributed by atoms with van der Waals surface area (Å²) in [6, 6.07) is 5.36. The van der Waals surface area contributed by atoms with Gasteiger partial charge in [-0.1, -0.05) is 18.6 Å². The summed E-state index contributed by atoms with van der Waals surface area (Å²) >= 11 is 0. The van der Waals surface area contributed by atoms with Crippen LogP contribution in [0.15, 0.2) is 18.2 Å². The molecule has 0 heterocycles. The number of fused-ring (bicyclic) bond motifs is 2. The number of aromatic hydroxyl groups is 1. The summed E-state index contributed by atoms with van der Waals surface area (Å²) in [5.41, 5.74) is 1.18. The van der Waals surface area contributed by atoms with Crippen molar-refractivity contribution < 1.29 is 9.90 Å². The zero-order valence-electron chi connectivity index (χ0n) is 12.3. The molecule has 0 radical (unpaired) electrons. The highest BCUT2D eigenvalue weighted by atomic mass is 16.3. The van der Waals surface area contributed by atoms with Crippen molar-refractivity contribution in [3.05, 3.63) is 29.3 Å². The van der Waals surface area contributed by atoms with E-state index in [1.807, 2.05) is 26.1 Å². The number of hydrogen-bond donors (Lipinski definition) is 1. The molecule has 3 rings (SSSR count). The highest BCUT2D eigenvalue weighted by Gasteiger charge is 2.40. The van der Waals surface area contributed by atoms with Gasteiger partial charge >= 0.3 is 0 Å². The average Bonchev–Trinajstić information content (AvgIpc) is 3.03. The van der Waals surface area contributed by atoms with Crippen LogP contribution in [0.1, 0.15) is 41.6 Å². The van der Waals surface area contributed by atoms with E-state index in [1.165, 1.54) is 25.7 Å². The molecular formula is C17H23NO2. The summed E-state index contributed by atoms with van der Waals surface area (Å²) in [7, 11) is 1.86. The number of amides is 1. The first-order chi connectivity index (χ1) is 9.56. The van der Waals surface area contributed by atoms with Crippen LogP contribution >= 0.6 is 0 Å². The number of hydrogen-bond acceptors (Lipinski definition) is 2. The number of nitrogens with zero attached hydrogens (tertiary/aromatic N) is 1. The highest BCUT2D eigenvalue weighted by molar-refractivity contribution is 5.97. The standard InChI is InChI=1S/C17H23NO2/c1-11-4-3-5-15(16(11)19)17(20)18(2)10-14-9-12-6-7-13(14)8-12/h3-5,12-14,19H,6-10H2,1-2H3. The minimum atomic E-state index is -0.0611. The van der Waals surface area contributed by atoms with Crippen molar-refractivity contribution >= 4 is 5.91 Å². The van der Waals surface area contributed by atoms with Gasteiger partial charge in [-0.25, -0.2) is 0 Å². The Morgan fingerprint density at radius 2 is 2.15 bits per heavy atom. The fourth-order valence-corrected chi connectivity index (χ4v) is 4.07. The molecule has 0 spiro atoms. The smallest absolute Gasteiger partial charge is 0.257 e. The molecule has 1 N–H and O–H groups in total. The van der Waals surface area contributed by atoms with E-state index in [-0.39, 0.29) is 11.7 Å². The molecule has 0 saturated heterocycles. The van der Waals surface area contributed by atoms with E-state index in [9.17, 15) is 9.90 Å². The second-order valence-electron chi connectivity index (χ2n) is 6.59. The van der Waals surface area contributed by atoms with Crippen molar-refractivity contribution in [1.82, 2.24) is 4.90 Å². The summed E-state index contributed by atoms with van der Waals surface area (Å²) in [5.74, 6) is 2.45. The first-order valence-corrected chi connectivity index (χ1v) is 7.60. The molecule has 2 bridgehead atoms. The molecule has 3 unspecified atom stereocenters. The number of aryl methyl sites for hydroxylation is 1.